The van der Waals surface area contributed by atoms with Crippen molar-refractivity contribution in [3.8, 4) is 0 Å². The van der Waals surface area contributed by atoms with Gasteiger partial charge in [-0.3, -0.25) is 14.9 Å². The van der Waals surface area contributed by atoms with E-state index in [-0.39, 0.29) is 17.6 Å². The molecule has 1 aromatic carbocycles. The van der Waals surface area contributed by atoms with Crippen LogP contribution in [-0.4, -0.2) is 37.4 Å². The summed E-state index contributed by atoms with van der Waals surface area (Å²) < 4.78 is 10.1. The number of nitro groups is 1. The second-order valence-electron chi connectivity index (χ2n) is 4.36. The Morgan fingerprint density at radius 2 is 1.95 bits per heavy atom. The smallest absolute Gasteiger partial charge is 0.272 e. The van der Waals surface area contributed by atoms with E-state index in [1.807, 2.05) is 0 Å². The lowest BCUT2D eigenvalue weighted by Crippen LogP contribution is -2.42. The Balaban J connectivity index is 2.83. The SMILES string of the molecule is COC(OC)C(C)NC(=O)c1ccc([N+](=O)[O-])c(C)c1. The molecule has 0 aliphatic heterocycles. The standard InChI is InChI=1S/C13H18N2O5/c1-8-7-10(5-6-11(8)15(17)18)12(16)14-9(2)13(19-3)20-4/h5-7,9,13H,1-4H3,(H,14,16). The molecule has 0 radical (unpaired) electrons. The lowest BCUT2D eigenvalue weighted by Gasteiger charge is -2.22. The van der Waals surface area contributed by atoms with Crippen LogP contribution < -0.4 is 5.32 Å². The molecule has 20 heavy (non-hydrogen) atoms. The molecule has 110 valence electrons. The van der Waals surface area contributed by atoms with E-state index in [9.17, 15) is 14.9 Å². The zero-order chi connectivity index (χ0) is 15.3. The predicted molar refractivity (Wildman–Crippen MR) is 72.6 cm³/mol. The third kappa shape index (κ3) is 3.75. The van der Waals surface area contributed by atoms with E-state index in [4.69, 9.17) is 9.47 Å². The molecular formula is C13H18N2O5. The normalized spacial score (nSPS) is 12.2. The first-order valence-electron chi connectivity index (χ1n) is 6.02. The minimum Gasteiger partial charge on any atom is -0.354 e. The monoisotopic (exact) mass is 282 g/mol. The Morgan fingerprint density at radius 3 is 2.40 bits per heavy atom. The third-order valence-corrected chi connectivity index (χ3v) is 2.89. The second kappa shape index (κ2) is 6.97. The number of nitrogens with one attached hydrogen (secondary N) is 1. The summed E-state index contributed by atoms with van der Waals surface area (Å²) >= 11 is 0. The molecule has 0 fully saturated rings. The van der Waals surface area contributed by atoms with Crippen LogP contribution in [0.25, 0.3) is 0 Å². The molecule has 1 amide bonds. The van der Waals surface area contributed by atoms with Gasteiger partial charge in [0, 0.05) is 31.4 Å². The minimum atomic E-state index is -0.557. The number of ether oxygens (including phenoxy) is 2. The number of hydrogen-bond acceptors (Lipinski definition) is 5. The van der Waals surface area contributed by atoms with Gasteiger partial charge >= 0.3 is 0 Å². The molecule has 0 aliphatic rings. The summed E-state index contributed by atoms with van der Waals surface area (Å²) in [4.78, 5) is 22.3. The van der Waals surface area contributed by atoms with Crippen molar-refractivity contribution in [3.05, 3.63) is 39.4 Å². The number of hydrogen-bond donors (Lipinski definition) is 1. The maximum Gasteiger partial charge on any atom is 0.272 e. The quantitative estimate of drug-likeness (QED) is 0.486. The van der Waals surface area contributed by atoms with Crippen molar-refractivity contribution in [3.63, 3.8) is 0 Å². The summed E-state index contributed by atoms with van der Waals surface area (Å²) in [6, 6.07) is 3.86. The van der Waals surface area contributed by atoms with E-state index in [1.165, 1.54) is 32.4 Å². The number of nitrogens with zero attached hydrogens (tertiary/aromatic N) is 1. The molecule has 0 aliphatic carbocycles. The Bertz CT molecular complexity index is 500. The summed E-state index contributed by atoms with van der Waals surface area (Å²) in [5, 5.41) is 13.4. The summed E-state index contributed by atoms with van der Waals surface area (Å²) in [6.45, 7) is 3.33. The highest BCUT2D eigenvalue weighted by Gasteiger charge is 2.20. The number of nitro benzene ring substituents is 1. The number of carbonyl (C=O) groups excluding carboxylic acids is 1. The fraction of sp³-hybridized carbons (Fsp3) is 0.462. The Hall–Kier alpha value is -1.99. The first kappa shape index (κ1) is 16.1. The molecule has 1 atom stereocenters. The van der Waals surface area contributed by atoms with Crippen LogP contribution in [-0.2, 0) is 9.47 Å². The zero-order valence-corrected chi connectivity index (χ0v) is 11.9. The molecule has 0 heterocycles. The zero-order valence-electron chi connectivity index (χ0n) is 11.9. The molecule has 0 saturated carbocycles. The summed E-state index contributed by atoms with van der Waals surface area (Å²) in [6.07, 6.45) is -0.557. The van der Waals surface area contributed by atoms with Crippen LogP contribution >= 0.6 is 0 Å². The minimum absolute atomic E-state index is 0.0127. The predicted octanol–water partition coefficient (Wildman–Crippen LogP) is 1.64. The fourth-order valence-corrected chi connectivity index (χ4v) is 1.86. The molecule has 7 nitrogen and oxygen atoms in total. The highest BCUT2D eigenvalue weighted by molar-refractivity contribution is 5.94. The first-order valence-corrected chi connectivity index (χ1v) is 6.02. The molecule has 1 N–H and O–H groups in total. The molecule has 1 unspecified atom stereocenters. The second-order valence-corrected chi connectivity index (χ2v) is 4.36. The van der Waals surface area contributed by atoms with Crippen molar-refractivity contribution in [1.82, 2.24) is 5.32 Å². The van der Waals surface area contributed by atoms with Gasteiger partial charge in [-0.05, 0) is 26.0 Å². The van der Waals surface area contributed by atoms with Crippen molar-refractivity contribution < 1.29 is 19.2 Å². The van der Waals surface area contributed by atoms with E-state index in [1.54, 1.807) is 13.8 Å². The number of methoxy groups -OCH3 is 2. The fourth-order valence-electron chi connectivity index (χ4n) is 1.86. The van der Waals surface area contributed by atoms with Crippen LogP contribution in [0.2, 0.25) is 0 Å². The molecular weight excluding hydrogens is 264 g/mol. The van der Waals surface area contributed by atoms with Crippen LogP contribution in [0.4, 0.5) is 5.69 Å². The molecule has 0 spiro atoms. The van der Waals surface area contributed by atoms with E-state index < -0.39 is 11.2 Å². The largest absolute Gasteiger partial charge is 0.354 e. The third-order valence-electron chi connectivity index (χ3n) is 2.89. The molecule has 1 aromatic rings. The molecule has 7 heteroatoms. The Morgan fingerprint density at radius 1 is 1.35 bits per heavy atom. The van der Waals surface area contributed by atoms with Gasteiger partial charge in [0.2, 0.25) is 0 Å². The van der Waals surface area contributed by atoms with Crippen molar-refractivity contribution in [2.75, 3.05) is 14.2 Å². The number of amides is 1. The maximum atomic E-state index is 12.0. The first-order chi connectivity index (χ1) is 9.40. The van der Waals surface area contributed by atoms with E-state index >= 15 is 0 Å². The number of rotatable bonds is 6. The van der Waals surface area contributed by atoms with Crippen molar-refractivity contribution in [2.24, 2.45) is 0 Å². The molecule has 1 rings (SSSR count). The van der Waals surface area contributed by atoms with Gasteiger partial charge in [-0.25, -0.2) is 0 Å². The highest BCUT2D eigenvalue weighted by Crippen LogP contribution is 2.18. The average Bonchev–Trinajstić information content (AvgIpc) is 2.39. The average molecular weight is 282 g/mol. The number of aryl methyl sites for hydroxylation is 1. The van der Waals surface area contributed by atoms with Crippen LogP contribution in [0.15, 0.2) is 18.2 Å². The van der Waals surface area contributed by atoms with Gasteiger partial charge < -0.3 is 14.8 Å². The van der Waals surface area contributed by atoms with Crippen LogP contribution in [0, 0.1) is 17.0 Å². The maximum absolute atomic E-state index is 12.0. The van der Waals surface area contributed by atoms with E-state index in [0.717, 1.165) is 0 Å². The van der Waals surface area contributed by atoms with Gasteiger partial charge in [-0.2, -0.15) is 0 Å². The van der Waals surface area contributed by atoms with Crippen LogP contribution in [0.1, 0.15) is 22.8 Å². The number of carbonyl (C=O) groups is 1. The molecule has 0 aromatic heterocycles. The van der Waals surface area contributed by atoms with Gasteiger partial charge in [0.1, 0.15) is 0 Å². The highest BCUT2D eigenvalue weighted by atomic mass is 16.7. The van der Waals surface area contributed by atoms with Gasteiger partial charge in [-0.1, -0.05) is 0 Å². The van der Waals surface area contributed by atoms with Crippen molar-refractivity contribution >= 4 is 11.6 Å². The summed E-state index contributed by atoms with van der Waals surface area (Å²) in [7, 11) is 2.96. The van der Waals surface area contributed by atoms with E-state index in [2.05, 4.69) is 5.32 Å². The summed E-state index contributed by atoms with van der Waals surface area (Å²) in [5.41, 5.74) is 0.775. The van der Waals surface area contributed by atoms with Crippen molar-refractivity contribution in [2.45, 2.75) is 26.2 Å². The Kier molecular flexibility index (Phi) is 5.60. The van der Waals surface area contributed by atoms with Crippen molar-refractivity contribution in [1.29, 1.82) is 0 Å². The molecule has 0 bridgehead atoms. The van der Waals surface area contributed by atoms with Gasteiger partial charge in [0.25, 0.3) is 11.6 Å². The van der Waals surface area contributed by atoms with Gasteiger partial charge in [-0.15, -0.1) is 0 Å². The Labute approximate surface area is 117 Å². The lowest BCUT2D eigenvalue weighted by molar-refractivity contribution is -0.385. The summed E-state index contributed by atoms with van der Waals surface area (Å²) in [5.74, 6) is -0.338. The molecule has 0 saturated heterocycles. The van der Waals surface area contributed by atoms with Crippen LogP contribution in [0.5, 0.6) is 0 Å². The topological polar surface area (TPSA) is 90.7 Å². The van der Waals surface area contributed by atoms with Crippen LogP contribution in [0.3, 0.4) is 0 Å². The van der Waals surface area contributed by atoms with E-state index in [0.29, 0.717) is 11.1 Å². The van der Waals surface area contributed by atoms with Gasteiger partial charge in [0.05, 0.1) is 11.0 Å². The lowest BCUT2D eigenvalue weighted by atomic mass is 10.1. The van der Waals surface area contributed by atoms with Gasteiger partial charge in [0.15, 0.2) is 6.29 Å². The number of benzene rings is 1.